The number of benzene rings is 3. The Balaban J connectivity index is 1.73. The van der Waals surface area contributed by atoms with Crippen molar-refractivity contribution in [2.45, 2.75) is 11.3 Å². The summed E-state index contributed by atoms with van der Waals surface area (Å²) >= 11 is 17.8. The summed E-state index contributed by atoms with van der Waals surface area (Å²) in [6.45, 7) is 0. The number of hydrogen-bond acceptors (Lipinski definition) is 3. The lowest BCUT2D eigenvalue weighted by molar-refractivity contribution is -0.115. The highest BCUT2D eigenvalue weighted by atomic mass is 35.5. The first-order valence-corrected chi connectivity index (χ1v) is 11.0. The predicted octanol–water partition coefficient (Wildman–Crippen LogP) is 5.63. The zero-order valence-corrected chi connectivity index (χ0v) is 17.9. The van der Waals surface area contributed by atoms with E-state index < -0.39 is 10.0 Å². The highest BCUT2D eigenvalue weighted by molar-refractivity contribution is 7.92. The molecule has 0 unspecified atom stereocenters. The van der Waals surface area contributed by atoms with Gasteiger partial charge >= 0.3 is 0 Å². The first-order valence-electron chi connectivity index (χ1n) is 8.35. The summed E-state index contributed by atoms with van der Waals surface area (Å²) in [6.07, 6.45) is 0.0238. The van der Waals surface area contributed by atoms with Crippen LogP contribution in [0.2, 0.25) is 15.1 Å². The van der Waals surface area contributed by atoms with Crippen LogP contribution in [-0.4, -0.2) is 14.3 Å². The molecule has 29 heavy (non-hydrogen) atoms. The number of sulfonamides is 1. The van der Waals surface area contributed by atoms with E-state index in [4.69, 9.17) is 34.8 Å². The number of carbonyl (C=O) groups is 1. The van der Waals surface area contributed by atoms with Gasteiger partial charge in [0.25, 0.3) is 10.0 Å². The van der Waals surface area contributed by atoms with Crippen molar-refractivity contribution in [1.82, 2.24) is 0 Å². The van der Waals surface area contributed by atoms with Crippen LogP contribution < -0.4 is 10.0 Å². The highest BCUT2D eigenvalue weighted by Gasteiger charge is 2.16. The van der Waals surface area contributed by atoms with Crippen LogP contribution in [0.3, 0.4) is 0 Å². The second kappa shape index (κ2) is 9.05. The van der Waals surface area contributed by atoms with E-state index in [9.17, 15) is 13.2 Å². The van der Waals surface area contributed by atoms with Gasteiger partial charge in [0.1, 0.15) is 0 Å². The van der Waals surface area contributed by atoms with E-state index in [1.54, 1.807) is 54.6 Å². The van der Waals surface area contributed by atoms with Crippen molar-refractivity contribution in [3.05, 3.63) is 87.4 Å². The monoisotopic (exact) mass is 468 g/mol. The third-order valence-corrected chi connectivity index (χ3v) is 6.11. The number of nitrogens with one attached hydrogen (secondary N) is 2. The third-order valence-electron chi connectivity index (χ3n) is 3.89. The second-order valence-electron chi connectivity index (χ2n) is 6.10. The molecule has 0 radical (unpaired) electrons. The fraction of sp³-hybridized carbons (Fsp3) is 0.0500. The van der Waals surface area contributed by atoms with Crippen LogP contribution in [0.25, 0.3) is 0 Å². The lowest BCUT2D eigenvalue weighted by Crippen LogP contribution is -2.16. The second-order valence-corrected chi connectivity index (χ2v) is 9.06. The summed E-state index contributed by atoms with van der Waals surface area (Å²) in [5, 5.41) is 4.04. The summed E-state index contributed by atoms with van der Waals surface area (Å²) in [4.78, 5) is 12.3. The summed E-state index contributed by atoms with van der Waals surface area (Å²) in [5.74, 6) is -0.338. The zero-order valence-electron chi connectivity index (χ0n) is 14.8. The van der Waals surface area contributed by atoms with Gasteiger partial charge in [-0.1, -0.05) is 46.9 Å². The molecule has 5 nitrogen and oxygen atoms in total. The molecule has 3 aromatic rings. The van der Waals surface area contributed by atoms with E-state index in [2.05, 4.69) is 10.0 Å². The molecule has 0 heterocycles. The molecule has 150 valence electrons. The summed E-state index contributed by atoms with van der Waals surface area (Å²) < 4.78 is 27.7. The normalized spacial score (nSPS) is 11.1. The minimum absolute atomic E-state index is 0.00905. The highest BCUT2D eigenvalue weighted by Crippen LogP contribution is 2.23. The molecule has 0 fully saturated rings. The maximum absolute atomic E-state index is 12.6. The smallest absolute Gasteiger partial charge is 0.261 e. The fourth-order valence-corrected chi connectivity index (χ4v) is 4.22. The van der Waals surface area contributed by atoms with Crippen LogP contribution in [0.4, 0.5) is 11.4 Å². The van der Waals surface area contributed by atoms with Crippen molar-refractivity contribution in [2.75, 3.05) is 10.0 Å². The minimum Gasteiger partial charge on any atom is -0.326 e. The first-order chi connectivity index (χ1) is 13.7. The number of amides is 1. The Morgan fingerprint density at radius 1 is 0.828 bits per heavy atom. The topological polar surface area (TPSA) is 75.3 Å². The summed E-state index contributed by atoms with van der Waals surface area (Å²) in [7, 11) is -3.84. The average molecular weight is 470 g/mol. The molecule has 0 saturated heterocycles. The molecule has 1 amide bonds. The van der Waals surface area contributed by atoms with Crippen LogP contribution in [-0.2, 0) is 21.2 Å². The van der Waals surface area contributed by atoms with E-state index in [0.29, 0.717) is 32.0 Å². The largest absolute Gasteiger partial charge is 0.326 e. The Morgan fingerprint density at radius 3 is 2.21 bits per heavy atom. The van der Waals surface area contributed by atoms with Gasteiger partial charge in [0.15, 0.2) is 0 Å². The van der Waals surface area contributed by atoms with Crippen molar-refractivity contribution in [1.29, 1.82) is 0 Å². The molecule has 0 aliphatic carbocycles. The van der Waals surface area contributed by atoms with Gasteiger partial charge in [-0.05, 0) is 60.2 Å². The Hall–Kier alpha value is -2.25. The van der Waals surface area contributed by atoms with Crippen LogP contribution in [0.1, 0.15) is 5.56 Å². The standard InChI is InChI=1S/C20H15Cl3N2O3S/c21-14-6-8-16(9-7-14)25-29(27,28)18-3-1-2-17(12-18)24-20(26)10-13-4-5-15(22)11-19(13)23/h1-9,11-12,25H,10H2,(H,24,26). The van der Waals surface area contributed by atoms with E-state index in [1.807, 2.05) is 0 Å². The molecule has 3 rings (SSSR count). The first kappa shape index (κ1) is 21.5. The van der Waals surface area contributed by atoms with Crippen LogP contribution in [0, 0.1) is 0 Å². The number of anilines is 2. The van der Waals surface area contributed by atoms with Gasteiger partial charge in [-0.2, -0.15) is 0 Å². The summed E-state index contributed by atoms with van der Waals surface area (Å²) in [6, 6.07) is 17.1. The number of carbonyl (C=O) groups excluding carboxylic acids is 1. The van der Waals surface area contributed by atoms with Crippen molar-refractivity contribution in [2.24, 2.45) is 0 Å². The molecule has 0 aliphatic heterocycles. The number of hydrogen-bond donors (Lipinski definition) is 2. The molecular weight excluding hydrogens is 455 g/mol. The van der Waals surface area contributed by atoms with E-state index in [1.165, 1.54) is 12.1 Å². The molecule has 0 bridgehead atoms. The molecule has 0 saturated carbocycles. The molecule has 3 aromatic carbocycles. The predicted molar refractivity (Wildman–Crippen MR) is 117 cm³/mol. The third kappa shape index (κ3) is 5.87. The van der Waals surface area contributed by atoms with Crippen molar-refractivity contribution in [3.8, 4) is 0 Å². The van der Waals surface area contributed by atoms with Crippen LogP contribution in [0.5, 0.6) is 0 Å². The fourth-order valence-electron chi connectivity index (χ4n) is 2.52. The summed E-state index contributed by atoms with van der Waals surface area (Å²) in [5.41, 5.74) is 1.34. The molecule has 2 N–H and O–H groups in total. The van der Waals surface area contributed by atoms with Gasteiger partial charge in [0, 0.05) is 26.4 Å². The Morgan fingerprint density at radius 2 is 1.52 bits per heavy atom. The van der Waals surface area contributed by atoms with Gasteiger partial charge in [0.05, 0.1) is 11.3 Å². The zero-order chi connectivity index (χ0) is 21.0. The maximum Gasteiger partial charge on any atom is 0.261 e. The Labute approximate surface area is 183 Å². The van der Waals surface area contributed by atoms with E-state index in [-0.39, 0.29) is 17.2 Å². The van der Waals surface area contributed by atoms with Gasteiger partial charge in [-0.3, -0.25) is 9.52 Å². The number of halogens is 3. The van der Waals surface area contributed by atoms with Gasteiger partial charge in [-0.15, -0.1) is 0 Å². The van der Waals surface area contributed by atoms with Crippen molar-refractivity contribution < 1.29 is 13.2 Å². The molecule has 0 spiro atoms. The molecule has 0 aliphatic rings. The SMILES string of the molecule is O=C(Cc1ccc(Cl)cc1Cl)Nc1cccc(S(=O)(=O)Nc2ccc(Cl)cc2)c1. The van der Waals surface area contributed by atoms with E-state index >= 15 is 0 Å². The van der Waals surface area contributed by atoms with Crippen LogP contribution >= 0.6 is 34.8 Å². The lowest BCUT2D eigenvalue weighted by atomic mass is 10.1. The molecular formula is C20H15Cl3N2O3S. The molecule has 0 atom stereocenters. The van der Waals surface area contributed by atoms with Crippen LogP contribution in [0.15, 0.2) is 71.6 Å². The van der Waals surface area contributed by atoms with Gasteiger partial charge in [0.2, 0.25) is 5.91 Å². The van der Waals surface area contributed by atoms with Crippen molar-refractivity contribution in [3.63, 3.8) is 0 Å². The molecule has 9 heteroatoms. The maximum atomic E-state index is 12.6. The molecule has 0 aromatic heterocycles. The van der Waals surface area contributed by atoms with Gasteiger partial charge < -0.3 is 5.32 Å². The quantitative estimate of drug-likeness (QED) is 0.491. The average Bonchev–Trinajstić information content (AvgIpc) is 2.66. The minimum atomic E-state index is -3.84. The van der Waals surface area contributed by atoms with Gasteiger partial charge in [-0.25, -0.2) is 8.42 Å². The Kier molecular flexibility index (Phi) is 6.70. The van der Waals surface area contributed by atoms with Crippen molar-refractivity contribution >= 4 is 62.1 Å². The number of rotatable bonds is 6. The lowest BCUT2D eigenvalue weighted by Gasteiger charge is -2.11. The Bertz CT molecular complexity index is 1150. The van der Waals surface area contributed by atoms with E-state index in [0.717, 1.165) is 0 Å².